The van der Waals surface area contributed by atoms with E-state index in [0.29, 0.717) is 6.54 Å². The summed E-state index contributed by atoms with van der Waals surface area (Å²) in [6.07, 6.45) is 3.54. The average Bonchev–Trinajstić information content (AvgIpc) is 3.10. The molecule has 0 bridgehead atoms. The third-order valence-corrected chi connectivity index (χ3v) is 5.67. The van der Waals surface area contributed by atoms with Crippen LogP contribution in [0, 0.1) is 0 Å². The van der Waals surface area contributed by atoms with Crippen molar-refractivity contribution in [2.45, 2.75) is 19.3 Å². The van der Waals surface area contributed by atoms with E-state index in [4.69, 9.17) is 11.6 Å². The van der Waals surface area contributed by atoms with Gasteiger partial charge in [0.05, 0.1) is 26.2 Å². The first-order valence-electron chi connectivity index (χ1n) is 9.43. The second kappa shape index (κ2) is 7.68. The fraction of sp³-hybridized carbons (Fsp3) is 0.381. The van der Waals surface area contributed by atoms with Crippen LogP contribution in [0.2, 0.25) is 5.02 Å². The molecule has 136 valence electrons. The van der Waals surface area contributed by atoms with E-state index in [1.807, 2.05) is 24.3 Å². The zero-order valence-corrected chi connectivity index (χ0v) is 15.7. The molecule has 2 aliphatic rings. The highest BCUT2D eigenvalue weighted by Gasteiger charge is 2.22. The number of fused-ring (bicyclic) bond motifs is 1. The molecule has 2 N–H and O–H groups in total. The molecule has 5 heteroatoms. The van der Waals surface area contributed by atoms with Gasteiger partial charge >= 0.3 is 0 Å². The zero-order chi connectivity index (χ0) is 17.9. The molecule has 2 aromatic rings. The van der Waals surface area contributed by atoms with Crippen molar-refractivity contribution >= 4 is 28.9 Å². The van der Waals surface area contributed by atoms with Crippen LogP contribution >= 0.6 is 11.6 Å². The summed E-state index contributed by atoms with van der Waals surface area (Å²) in [5.41, 5.74) is 4.93. The van der Waals surface area contributed by atoms with Crippen LogP contribution in [-0.2, 0) is 17.6 Å². The van der Waals surface area contributed by atoms with Crippen LogP contribution in [0.15, 0.2) is 42.5 Å². The smallest absolute Gasteiger partial charge is 0.279 e. The number of aryl methyl sites for hydroxylation is 2. The number of benzene rings is 2. The van der Waals surface area contributed by atoms with Crippen LogP contribution in [0.25, 0.3) is 0 Å². The van der Waals surface area contributed by atoms with E-state index in [0.717, 1.165) is 43.3 Å². The van der Waals surface area contributed by atoms with E-state index in [9.17, 15) is 4.79 Å². The Labute approximate surface area is 159 Å². The van der Waals surface area contributed by atoms with Crippen molar-refractivity contribution in [1.29, 1.82) is 0 Å². The van der Waals surface area contributed by atoms with Gasteiger partial charge in [0, 0.05) is 16.4 Å². The molecule has 1 heterocycles. The molecule has 1 saturated heterocycles. The van der Waals surface area contributed by atoms with Gasteiger partial charge in [0.15, 0.2) is 6.54 Å². The summed E-state index contributed by atoms with van der Waals surface area (Å²) in [6.45, 7) is 4.35. The number of carbonyl (C=O) groups excluding carboxylic acids is 1. The lowest BCUT2D eigenvalue weighted by molar-refractivity contribution is -0.892. The Morgan fingerprint density at radius 2 is 1.88 bits per heavy atom. The molecule has 0 radical (unpaired) electrons. The number of nitrogens with zero attached hydrogens (tertiary/aromatic N) is 1. The van der Waals surface area contributed by atoms with Gasteiger partial charge < -0.3 is 15.1 Å². The standard InChI is InChI=1S/C21H24ClN3O/c22-18-5-2-6-20(14-18)25-11-9-24(10-12-25)15-21(26)23-19-8-7-16-3-1-4-17(16)13-19/h2,5-8,13-14H,1,3-4,9-12,15H2,(H,23,26)/p+1. The van der Waals surface area contributed by atoms with Gasteiger partial charge in [0.1, 0.15) is 0 Å². The molecule has 2 aromatic carbocycles. The normalized spacial score (nSPS) is 17.2. The van der Waals surface area contributed by atoms with Crippen LogP contribution in [0.1, 0.15) is 17.5 Å². The summed E-state index contributed by atoms with van der Waals surface area (Å²) in [4.78, 5) is 16.1. The summed E-state index contributed by atoms with van der Waals surface area (Å²) in [5, 5.41) is 3.85. The monoisotopic (exact) mass is 370 g/mol. The number of carbonyl (C=O) groups is 1. The number of amides is 1. The number of halogens is 1. The second-order valence-electron chi connectivity index (χ2n) is 7.28. The molecule has 0 saturated carbocycles. The Bertz CT molecular complexity index is 800. The lowest BCUT2D eigenvalue weighted by Crippen LogP contribution is -3.15. The maximum atomic E-state index is 12.4. The molecule has 0 spiro atoms. The molecular formula is C21H25ClN3O+. The molecule has 1 aliphatic heterocycles. The van der Waals surface area contributed by atoms with E-state index in [2.05, 4.69) is 28.4 Å². The Hall–Kier alpha value is -2.04. The van der Waals surface area contributed by atoms with Gasteiger partial charge in [-0.3, -0.25) is 4.79 Å². The fourth-order valence-electron chi connectivity index (χ4n) is 4.01. The van der Waals surface area contributed by atoms with E-state index in [1.165, 1.54) is 34.6 Å². The van der Waals surface area contributed by atoms with Crippen molar-refractivity contribution in [3.8, 4) is 0 Å². The first-order chi connectivity index (χ1) is 12.7. The quantitative estimate of drug-likeness (QED) is 0.865. The third-order valence-electron chi connectivity index (χ3n) is 5.44. The van der Waals surface area contributed by atoms with Gasteiger partial charge in [-0.1, -0.05) is 23.7 Å². The average molecular weight is 371 g/mol. The maximum Gasteiger partial charge on any atom is 0.279 e. The predicted octanol–water partition coefficient (Wildman–Crippen LogP) is 2.17. The summed E-state index contributed by atoms with van der Waals surface area (Å²) in [7, 11) is 0. The first kappa shape index (κ1) is 17.4. The first-order valence-corrected chi connectivity index (χ1v) is 9.81. The third kappa shape index (κ3) is 4.02. The molecule has 0 unspecified atom stereocenters. The number of rotatable bonds is 4. The minimum absolute atomic E-state index is 0.106. The lowest BCUT2D eigenvalue weighted by atomic mass is 10.1. The maximum absolute atomic E-state index is 12.4. The molecule has 0 atom stereocenters. The number of nitrogens with one attached hydrogen (secondary N) is 2. The van der Waals surface area contributed by atoms with E-state index in [-0.39, 0.29) is 5.91 Å². The van der Waals surface area contributed by atoms with Crippen molar-refractivity contribution in [3.05, 3.63) is 58.6 Å². The highest BCUT2D eigenvalue weighted by molar-refractivity contribution is 6.30. The van der Waals surface area contributed by atoms with Crippen LogP contribution in [0.4, 0.5) is 11.4 Å². The lowest BCUT2D eigenvalue weighted by Gasteiger charge is -2.33. The Morgan fingerprint density at radius 3 is 2.69 bits per heavy atom. The van der Waals surface area contributed by atoms with Crippen LogP contribution in [-0.4, -0.2) is 38.6 Å². The van der Waals surface area contributed by atoms with Gasteiger partial charge in [-0.25, -0.2) is 0 Å². The molecule has 1 fully saturated rings. The minimum atomic E-state index is 0.106. The van der Waals surface area contributed by atoms with Crippen molar-refractivity contribution < 1.29 is 9.69 Å². The number of hydrogen-bond acceptors (Lipinski definition) is 2. The fourth-order valence-corrected chi connectivity index (χ4v) is 4.20. The minimum Gasteiger partial charge on any atom is -0.360 e. The Morgan fingerprint density at radius 1 is 1.08 bits per heavy atom. The van der Waals surface area contributed by atoms with Gasteiger partial charge in [-0.2, -0.15) is 0 Å². The van der Waals surface area contributed by atoms with Gasteiger partial charge in [0.25, 0.3) is 5.91 Å². The Balaban J connectivity index is 1.28. The van der Waals surface area contributed by atoms with E-state index >= 15 is 0 Å². The van der Waals surface area contributed by atoms with Crippen molar-refractivity contribution in [1.82, 2.24) is 0 Å². The summed E-state index contributed by atoms with van der Waals surface area (Å²) < 4.78 is 0. The Kier molecular flexibility index (Phi) is 5.14. The molecule has 26 heavy (non-hydrogen) atoms. The molecule has 1 aliphatic carbocycles. The van der Waals surface area contributed by atoms with Gasteiger partial charge in [-0.05, 0) is 60.7 Å². The van der Waals surface area contributed by atoms with Crippen molar-refractivity contribution in [2.75, 3.05) is 42.9 Å². The highest BCUT2D eigenvalue weighted by atomic mass is 35.5. The van der Waals surface area contributed by atoms with Crippen LogP contribution < -0.4 is 15.1 Å². The molecule has 4 nitrogen and oxygen atoms in total. The predicted molar refractivity (Wildman–Crippen MR) is 106 cm³/mol. The molecular weight excluding hydrogens is 346 g/mol. The highest BCUT2D eigenvalue weighted by Crippen LogP contribution is 2.24. The zero-order valence-electron chi connectivity index (χ0n) is 14.9. The van der Waals surface area contributed by atoms with E-state index < -0.39 is 0 Å². The molecule has 4 rings (SSSR count). The number of quaternary nitrogens is 1. The summed E-state index contributed by atoms with van der Waals surface area (Å²) in [5.74, 6) is 0.106. The van der Waals surface area contributed by atoms with Crippen molar-refractivity contribution in [2.24, 2.45) is 0 Å². The second-order valence-corrected chi connectivity index (χ2v) is 7.72. The van der Waals surface area contributed by atoms with E-state index in [1.54, 1.807) is 0 Å². The van der Waals surface area contributed by atoms with Crippen molar-refractivity contribution in [3.63, 3.8) is 0 Å². The number of anilines is 2. The van der Waals surface area contributed by atoms with Gasteiger partial charge in [-0.15, -0.1) is 0 Å². The largest absolute Gasteiger partial charge is 0.360 e. The van der Waals surface area contributed by atoms with Crippen LogP contribution in [0.3, 0.4) is 0 Å². The number of hydrogen-bond donors (Lipinski definition) is 2. The SMILES string of the molecule is O=C(C[NH+]1CCN(c2cccc(Cl)c2)CC1)Nc1ccc2c(c1)CCC2. The topological polar surface area (TPSA) is 36.8 Å². The van der Waals surface area contributed by atoms with Gasteiger partial charge in [0.2, 0.25) is 0 Å². The number of piperazine rings is 1. The summed E-state index contributed by atoms with van der Waals surface area (Å²) >= 11 is 6.09. The summed E-state index contributed by atoms with van der Waals surface area (Å²) in [6, 6.07) is 14.3. The van der Waals surface area contributed by atoms with Crippen LogP contribution in [0.5, 0.6) is 0 Å². The molecule has 0 aromatic heterocycles. The molecule has 1 amide bonds.